The van der Waals surface area contributed by atoms with E-state index in [1.54, 1.807) is 6.92 Å². The van der Waals surface area contributed by atoms with Crippen molar-refractivity contribution in [2.24, 2.45) is 17.8 Å². The maximum absolute atomic E-state index is 11.7. The van der Waals surface area contributed by atoms with Crippen LogP contribution in [0, 0.1) is 17.8 Å². The molecule has 0 N–H and O–H groups in total. The molecule has 2 aliphatic carbocycles. The summed E-state index contributed by atoms with van der Waals surface area (Å²) >= 11 is 0. The highest BCUT2D eigenvalue weighted by atomic mass is 16.6. The fourth-order valence-corrected chi connectivity index (χ4v) is 4.56. The smallest absolute Gasteiger partial charge is 0.306 e. The van der Waals surface area contributed by atoms with Crippen LogP contribution in [0.15, 0.2) is 0 Å². The molecule has 0 bridgehead atoms. The van der Waals surface area contributed by atoms with Crippen LogP contribution in [0.2, 0.25) is 0 Å². The zero-order valence-corrected chi connectivity index (χ0v) is 28.8. The average molecular weight is 601 g/mol. The third-order valence-electron chi connectivity index (χ3n) is 6.41. The quantitative estimate of drug-likeness (QED) is 0.172. The number of carbonyl (C=O) groups is 4. The summed E-state index contributed by atoms with van der Waals surface area (Å²) in [6.07, 6.45) is 8.17. The van der Waals surface area contributed by atoms with Gasteiger partial charge in [-0.25, -0.2) is 0 Å². The summed E-state index contributed by atoms with van der Waals surface area (Å²) < 4.78 is 21.6. The third kappa shape index (κ3) is 22.5. The molecule has 2 unspecified atom stereocenters. The molecule has 2 saturated carbocycles. The van der Waals surface area contributed by atoms with Gasteiger partial charge in [-0.05, 0) is 62.7 Å². The second-order valence-corrected chi connectivity index (χ2v) is 11.9. The molecular weight excluding hydrogens is 536 g/mol. The van der Waals surface area contributed by atoms with E-state index in [0.717, 1.165) is 44.9 Å². The summed E-state index contributed by atoms with van der Waals surface area (Å²) in [7, 11) is 0. The van der Waals surface area contributed by atoms with E-state index in [2.05, 4.69) is 0 Å². The molecule has 8 heteroatoms. The second kappa shape index (κ2) is 25.4. The van der Waals surface area contributed by atoms with Gasteiger partial charge in [0, 0.05) is 32.1 Å². The van der Waals surface area contributed by atoms with E-state index in [-0.39, 0.29) is 48.3 Å². The molecule has 0 aromatic carbocycles. The monoisotopic (exact) mass is 600 g/mol. The maximum atomic E-state index is 11.7. The highest BCUT2D eigenvalue weighted by Crippen LogP contribution is 2.26. The minimum Gasteiger partial charge on any atom is -0.462 e. The molecule has 248 valence electrons. The Kier molecular flexibility index (Phi) is 25.4. The van der Waals surface area contributed by atoms with Gasteiger partial charge in [0.05, 0.1) is 0 Å². The van der Waals surface area contributed by atoms with Gasteiger partial charge in [0.2, 0.25) is 0 Å². The predicted molar refractivity (Wildman–Crippen MR) is 168 cm³/mol. The number of carbonyl (C=O) groups excluding carboxylic acids is 4. The van der Waals surface area contributed by atoms with Crippen LogP contribution < -0.4 is 0 Å². The Labute approximate surface area is 257 Å². The topological polar surface area (TPSA) is 105 Å². The molecule has 42 heavy (non-hydrogen) atoms. The molecule has 2 rings (SSSR count). The van der Waals surface area contributed by atoms with Crippen molar-refractivity contribution in [2.75, 3.05) is 0 Å². The molecule has 0 aromatic heterocycles. The first-order valence-electron chi connectivity index (χ1n) is 16.7. The minimum absolute atomic E-state index is 0.00725. The van der Waals surface area contributed by atoms with Crippen LogP contribution in [-0.2, 0) is 38.1 Å². The SMILES string of the molecule is CC.CC.CC(C)CC(=O)OC1CCCC(OC(=O)CC(C)C)C1.CCC(=O)OC1CCC(OC(=O)CC(C)C)CC1. The lowest BCUT2D eigenvalue weighted by Gasteiger charge is -2.29. The zero-order valence-electron chi connectivity index (χ0n) is 28.8. The molecule has 0 heterocycles. The number of esters is 4. The summed E-state index contributed by atoms with van der Waals surface area (Å²) in [5, 5.41) is 0. The summed E-state index contributed by atoms with van der Waals surface area (Å²) in [6.45, 7) is 21.8. The molecule has 0 radical (unpaired) electrons. The molecule has 0 spiro atoms. The van der Waals surface area contributed by atoms with Crippen molar-refractivity contribution in [2.45, 2.75) is 178 Å². The van der Waals surface area contributed by atoms with Crippen LogP contribution in [-0.4, -0.2) is 48.3 Å². The number of hydrogen-bond donors (Lipinski definition) is 0. The first-order valence-corrected chi connectivity index (χ1v) is 16.7. The Balaban J connectivity index is 0. The van der Waals surface area contributed by atoms with Crippen LogP contribution in [0.1, 0.15) is 153 Å². The molecule has 0 aromatic rings. The van der Waals surface area contributed by atoms with Crippen molar-refractivity contribution in [1.82, 2.24) is 0 Å². The Morgan fingerprint density at radius 3 is 1.07 bits per heavy atom. The lowest BCUT2D eigenvalue weighted by molar-refractivity contribution is -0.159. The van der Waals surface area contributed by atoms with Gasteiger partial charge in [-0.15, -0.1) is 0 Å². The van der Waals surface area contributed by atoms with Gasteiger partial charge in [-0.3, -0.25) is 19.2 Å². The van der Waals surface area contributed by atoms with Crippen LogP contribution in [0.25, 0.3) is 0 Å². The highest BCUT2D eigenvalue weighted by Gasteiger charge is 2.28. The average Bonchev–Trinajstić information content (AvgIpc) is 2.91. The van der Waals surface area contributed by atoms with Gasteiger partial charge in [0.1, 0.15) is 24.4 Å². The van der Waals surface area contributed by atoms with E-state index >= 15 is 0 Å². The summed E-state index contributed by atoms with van der Waals surface area (Å²) in [5.74, 6) is 0.420. The Morgan fingerprint density at radius 2 is 0.786 bits per heavy atom. The van der Waals surface area contributed by atoms with Gasteiger partial charge in [-0.1, -0.05) is 76.2 Å². The van der Waals surface area contributed by atoms with Crippen molar-refractivity contribution in [3.05, 3.63) is 0 Å². The second-order valence-electron chi connectivity index (χ2n) is 11.9. The third-order valence-corrected chi connectivity index (χ3v) is 6.41. The van der Waals surface area contributed by atoms with Crippen molar-refractivity contribution >= 4 is 23.9 Å². The Morgan fingerprint density at radius 1 is 0.500 bits per heavy atom. The van der Waals surface area contributed by atoms with Crippen molar-refractivity contribution in [1.29, 1.82) is 0 Å². The van der Waals surface area contributed by atoms with Gasteiger partial charge >= 0.3 is 23.9 Å². The summed E-state index contributed by atoms with van der Waals surface area (Å²) in [4.78, 5) is 46.0. The predicted octanol–water partition coefficient (Wildman–Crippen LogP) is 8.37. The summed E-state index contributed by atoms with van der Waals surface area (Å²) in [5.41, 5.74) is 0. The highest BCUT2D eigenvalue weighted by molar-refractivity contribution is 5.71. The van der Waals surface area contributed by atoms with E-state index < -0.39 is 0 Å². The molecule has 2 fully saturated rings. The van der Waals surface area contributed by atoms with Crippen molar-refractivity contribution in [3.63, 3.8) is 0 Å². The molecule has 2 atom stereocenters. The normalized spacial score (nSPS) is 21.4. The Hall–Kier alpha value is -2.12. The van der Waals surface area contributed by atoms with Gasteiger partial charge in [0.25, 0.3) is 0 Å². The van der Waals surface area contributed by atoms with E-state index in [0.29, 0.717) is 49.9 Å². The van der Waals surface area contributed by atoms with Crippen LogP contribution in [0.3, 0.4) is 0 Å². The van der Waals surface area contributed by atoms with Crippen LogP contribution in [0.5, 0.6) is 0 Å². The largest absolute Gasteiger partial charge is 0.462 e. The number of hydrogen-bond acceptors (Lipinski definition) is 8. The number of ether oxygens (including phenoxy) is 4. The van der Waals surface area contributed by atoms with E-state index in [9.17, 15) is 19.2 Å². The first kappa shape index (κ1) is 42.0. The van der Waals surface area contributed by atoms with Crippen LogP contribution in [0.4, 0.5) is 0 Å². The minimum atomic E-state index is -0.143. The van der Waals surface area contributed by atoms with Gasteiger partial charge in [0.15, 0.2) is 0 Å². The Bertz CT molecular complexity index is 693. The van der Waals surface area contributed by atoms with Gasteiger partial charge < -0.3 is 18.9 Å². The van der Waals surface area contributed by atoms with Crippen molar-refractivity contribution < 1.29 is 38.1 Å². The lowest BCUT2D eigenvalue weighted by Crippen LogP contribution is -2.31. The zero-order chi connectivity index (χ0) is 32.7. The maximum Gasteiger partial charge on any atom is 0.306 e. The van der Waals surface area contributed by atoms with Gasteiger partial charge in [-0.2, -0.15) is 0 Å². The van der Waals surface area contributed by atoms with E-state index in [1.165, 1.54) is 0 Å². The van der Waals surface area contributed by atoms with E-state index in [1.807, 2.05) is 69.2 Å². The standard InChI is InChI=1S/C16H28O4.C14H24O4.2C2H6/c1-11(2)8-15(17)19-13-6-5-7-14(10-13)20-16(18)9-12(3)4;1-4-13(15)17-11-5-7-12(8-6-11)18-14(16)9-10(2)3;2*1-2/h11-14H,5-10H2,1-4H3;10-12H,4-9H2,1-3H3;2*1-2H3. The molecule has 0 amide bonds. The molecular formula is C34H64O8. The fraction of sp³-hybridized carbons (Fsp3) is 0.882. The molecule has 8 nitrogen and oxygen atoms in total. The molecule has 0 aliphatic heterocycles. The first-order chi connectivity index (χ1) is 19.9. The molecule has 2 aliphatic rings. The summed E-state index contributed by atoms with van der Waals surface area (Å²) in [6, 6.07) is 0. The van der Waals surface area contributed by atoms with Crippen LogP contribution >= 0.6 is 0 Å². The molecule has 0 saturated heterocycles. The number of rotatable bonds is 11. The fourth-order valence-electron chi connectivity index (χ4n) is 4.56. The van der Waals surface area contributed by atoms with Crippen molar-refractivity contribution in [3.8, 4) is 0 Å². The lowest BCUT2D eigenvalue weighted by atomic mass is 9.94. The van der Waals surface area contributed by atoms with E-state index in [4.69, 9.17) is 18.9 Å².